The number of hydrogen-bond donors (Lipinski definition) is 2. The maximum atomic E-state index is 12.2. The number of rotatable bonds is 6. The number of H-pyrrole nitrogens is 1. The Morgan fingerprint density at radius 2 is 2.13 bits per heavy atom. The van der Waals surface area contributed by atoms with E-state index in [1.807, 2.05) is 25.1 Å². The number of hydrogen-bond acceptors (Lipinski definition) is 4. The number of ether oxygens (including phenoxy) is 2. The number of benzene rings is 1. The van der Waals surface area contributed by atoms with E-state index in [4.69, 9.17) is 9.47 Å². The monoisotopic (exact) mass is 315 g/mol. The zero-order chi connectivity index (χ0) is 16.4. The molecule has 1 aromatic heterocycles. The first-order chi connectivity index (χ1) is 11.2. The SMILES string of the molecule is CCc1[nH]nc(-c2cc(OC)ccc2OC)c1NC(=O)C1CC1. The van der Waals surface area contributed by atoms with Crippen molar-refractivity contribution in [1.29, 1.82) is 0 Å². The molecule has 1 aliphatic carbocycles. The summed E-state index contributed by atoms with van der Waals surface area (Å²) in [5.74, 6) is 1.59. The standard InChI is InChI=1S/C17H21N3O3/c1-4-13-16(18-17(21)10-5-6-10)15(20-19-13)12-9-11(22-2)7-8-14(12)23-3/h7-10H,4-6H2,1-3H3,(H,18,21)(H,19,20). The van der Waals surface area contributed by atoms with Crippen LogP contribution in [-0.2, 0) is 11.2 Å². The summed E-state index contributed by atoms with van der Waals surface area (Å²) in [6.45, 7) is 2.02. The van der Waals surface area contributed by atoms with E-state index in [9.17, 15) is 4.79 Å². The Balaban J connectivity index is 2.05. The van der Waals surface area contributed by atoms with Crippen LogP contribution in [0, 0.1) is 5.92 Å². The van der Waals surface area contributed by atoms with Gasteiger partial charge in [-0.3, -0.25) is 9.89 Å². The normalized spacial score (nSPS) is 13.7. The molecule has 0 radical (unpaired) electrons. The third-order valence-electron chi connectivity index (χ3n) is 4.05. The van der Waals surface area contributed by atoms with Gasteiger partial charge in [0.25, 0.3) is 0 Å². The number of carbonyl (C=O) groups excluding carboxylic acids is 1. The molecule has 0 unspecified atom stereocenters. The van der Waals surface area contributed by atoms with E-state index in [1.165, 1.54) is 0 Å². The van der Waals surface area contributed by atoms with Crippen LogP contribution in [0.15, 0.2) is 18.2 Å². The zero-order valence-electron chi connectivity index (χ0n) is 13.6. The third kappa shape index (κ3) is 3.02. The predicted molar refractivity (Wildman–Crippen MR) is 87.9 cm³/mol. The fourth-order valence-electron chi connectivity index (χ4n) is 2.53. The van der Waals surface area contributed by atoms with Gasteiger partial charge in [0.05, 0.1) is 25.6 Å². The highest BCUT2D eigenvalue weighted by molar-refractivity contribution is 5.98. The van der Waals surface area contributed by atoms with Crippen LogP contribution < -0.4 is 14.8 Å². The molecule has 1 heterocycles. The molecule has 0 atom stereocenters. The second-order valence-corrected chi connectivity index (χ2v) is 5.61. The Labute approximate surface area is 135 Å². The van der Waals surface area contributed by atoms with Crippen LogP contribution in [0.25, 0.3) is 11.3 Å². The van der Waals surface area contributed by atoms with Gasteiger partial charge < -0.3 is 14.8 Å². The first kappa shape index (κ1) is 15.4. The van der Waals surface area contributed by atoms with Crippen molar-refractivity contribution in [2.24, 2.45) is 5.92 Å². The molecule has 0 aliphatic heterocycles. The average Bonchev–Trinajstić information content (AvgIpc) is 3.36. The lowest BCUT2D eigenvalue weighted by molar-refractivity contribution is -0.117. The molecular weight excluding hydrogens is 294 g/mol. The van der Waals surface area contributed by atoms with E-state index in [0.717, 1.165) is 36.2 Å². The molecule has 0 bridgehead atoms. The fourth-order valence-corrected chi connectivity index (χ4v) is 2.53. The first-order valence-corrected chi connectivity index (χ1v) is 7.78. The summed E-state index contributed by atoms with van der Waals surface area (Å²) in [6, 6.07) is 5.53. The van der Waals surface area contributed by atoms with E-state index in [1.54, 1.807) is 14.2 Å². The van der Waals surface area contributed by atoms with Gasteiger partial charge in [-0.1, -0.05) is 6.92 Å². The number of nitrogens with one attached hydrogen (secondary N) is 2. The van der Waals surface area contributed by atoms with Gasteiger partial charge in [0, 0.05) is 11.5 Å². The van der Waals surface area contributed by atoms with Crippen molar-refractivity contribution in [3.63, 3.8) is 0 Å². The molecule has 2 N–H and O–H groups in total. The molecule has 6 nitrogen and oxygen atoms in total. The molecule has 3 rings (SSSR count). The molecule has 2 aromatic rings. The minimum atomic E-state index is 0.0595. The molecule has 1 saturated carbocycles. The van der Waals surface area contributed by atoms with Gasteiger partial charge in [0.2, 0.25) is 5.91 Å². The summed E-state index contributed by atoms with van der Waals surface area (Å²) < 4.78 is 10.7. The lowest BCUT2D eigenvalue weighted by Crippen LogP contribution is -2.14. The van der Waals surface area contributed by atoms with E-state index >= 15 is 0 Å². The Morgan fingerprint density at radius 3 is 2.74 bits per heavy atom. The van der Waals surface area contributed by atoms with Crippen LogP contribution >= 0.6 is 0 Å². The molecule has 1 fully saturated rings. The van der Waals surface area contributed by atoms with Crippen molar-refractivity contribution in [2.45, 2.75) is 26.2 Å². The van der Waals surface area contributed by atoms with Gasteiger partial charge in [-0.25, -0.2) is 0 Å². The smallest absolute Gasteiger partial charge is 0.227 e. The van der Waals surface area contributed by atoms with Gasteiger partial charge in [0.1, 0.15) is 17.2 Å². The number of aromatic amines is 1. The Morgan fingerprint density at radius 1 is 1.35 bits per heavy atom. The molecule has 0 spiro atoms. The summed E-state index contributed by atoms with van der Waals surface area (Å²) in [5, 5.41) is 10.4. The van der Waals surface area contributed by atoms with Crippen LogP contribution in [0.5, 0.6) is 11.5 Å². The van der Waals surface area contributed by atoms with Gasteiger partial charge in [-0.2, -0.15) is 5.10 Å². The summed E-state index contributed by atoms with van der Waals surface area (Å²) in [6.07, 6.45) is 2.67. The molecule has 0 saturated heterocycles. The first-order valence-electron chi connectivity index (χ1n) is 7.78. The molecule has 6 heteroatoms. The van der Waals surface area contributed by atoms with E-state index < -0.39 is 0 Å². The van der Waals surface area contributed by atoms with Gasteiger partial charge >= 0.3 is 0 Å². The van der Waals surface area contributed by atoms with Crippen LogP contribution in [0.2, 0.25) is 0 Å². The van der Waals surface area contributed by atoms with Crippen molar-refractivity contribution >= 4 is 11.6 Å². The number of carbonyl (C=O) groups is 1. The summed E-state index contributed by atoms with van der Waals surface area (Å²) >= 11 is 0. The quantitative estimate of drug-likeness (QED) is 0.859. The fraction of sp³-hybridized carbons (Fsp3) is 0.412. The predicted octanol–water partition coefficient (Wildman–Crippen LogP) is 3.00. The van der Waals surface area contributed by atoms with E-state index in [2.05, 4.69) is 15.5 Å². The van der Waals surface area contributed by atoms with Crippen molar-refractivity contribution in [2.75, 3.05) is 19.5 Å². The van der Waals surface area contributed by atoms with Crippen molar-refractivity contribution in [3.05, 3.63) is 23.9 Å². The number of nitrogens with zero attached hydrogens (tertiary/aromatic N) is 1. The lowest BCUT2D eigenvalue weighted by Gasteiger charge is -2.11. The van der Waals surface area contributed by atoms with Gasteiger partial charge in [0.15, 0.2) is 0 Å². The highest BCUT2D eigenvalue weighted by Crippen LogP contribution is 2.39. The minimum Gasteiger partial charge on any atom is -0.497 e. The Bertz CT molecular complexity index is 720. The van der Waals surface area contributed by atoms with E-state index in [0.29, 0.717) is 17.2 Å². The molecule has 122 valence electrons. The van der Waals surface area contributed by atoms with Gasteiger partial charge in [-0.15, -0.1) is 0 Å². The summed E-state index contributed by atoms with van der Waals surface area (Å²) in [4.78, 5) is 12.2. The zero-order valence-corrected chi connectivity index (χ0v) is 13.6. The topological polar surface area (TPSA) is 76.2 Å². The Kier molecular flexibility index (Phi) is 4.23. The minimum absolute atomic E-state index is 0.0595. The number of anilines is 1. The second-order valence-electron chi connectivity index (χ2n) is 5.61. The molecule has 1 amide bonds. The number of amides is 1. The highest BCUT2D eigenvalue weighted by atomic mass is 16.5. The number of aryl methyl sites for hydroxylation is 1. The van der Waals surface area contributed by atoms with Crippen molar-refractivity contribution < 1.29 is 14.3 Å². The summed E-state index contributed by atoms with van der Waals surface area (Å²) in [5.41, 5.74) is 3.09. The third-order valence-corrected chi connectivity index (χ3v) is 4.05. The van der Waals surface area contributed by atoms with Crippen LogP contribution in [0.1, 0.15) is 25.5 Å². The summed E-state index contributed by atoms with van der Waals surface area (Å²) in [7, 11) is 3.23. The molecule has 23 heavy (non-hydrogen) atoms. The molecular formula is C17H21N3O3. The lowest BCUT2D eigenvalue weighted by atomic mass is 10.1. The van der Waals surface area contributed by atoms with Crippen LogP contribution in [0.3, 0.4) is 0 Å². The maximum absolute atomic E-state index is 12.2. The maximum Gasteiger partial charge on any atom is 0.227 e. The number of aromatic nitrogens is 2. The highest BCUT2D eigenvalue weighted by Gasteiger charge is 2.31. The van der Waals surface area contributed by atoms with Crippen LogP contribution in [0.4, 0.5) is 5.69 Å². The van der Waals surface area contributed by atoms with E-state index in [-0.39, 0.29) is 11.8 Å². The average molecular weight is 315 g/mol. The molecule has 1 aliphatic rings. The van der Waals surface area contributed by atoms with Gasteiger partial charge in [-0.05, 0) is 37.5 Å². The largest absolute Gasteiger partial charge is 0.497 e. The molecule has 1 aromatic carbocycles. The Hall–Kier alpha value is -2.50. The van der Waals surface area contributed by atoms with Crippen molar-refractivity contribution in [3.8, 4) is 22.8 Å². The van der Waals surface area contributed by atoms with Crippen molar-refractivity contribution in [1.82, 2.24) is 10.2 Å². The second kappa shape index (κ2) is 6.32. The number of methoxy groups -OCH3 is 2. The van der Waals surface area contributed by atoms with Crippen LogP contribution in [-0.4, -0.2) is 30.3 Å².